The van der Waals surface area contributed by atoms with Crippen LogP contribution in [-0.4, -0.2) is 24.6 Å². The van der Waals surface area contributed by atoms with E-state index in [2.05, 4.69) is 75.1 Å². The molecule has 0 aliphatic heterocycles. The standard InChI is InChI=1S/C22H31NO/c1-17(2)23(15-9-13-20-11-7-6-10-18(20)3)19(4)21-12-8-14-22(16-21)24-5/h6-8,10-12,14,16-17,19H,9,13,15H2,1-5H3. The van der Waals surface area contributed by atoms with E-state index in [0.717, 1.165) is 18.7 Å². The van der Waals surface area contributed by atoms with Crippen LogP contribution in [0, 0.1) is 6.92 Å². The molecule has 130 valence electrons. The first-order valence-corrected chi connectivity index (χ1v) is 8.97. The minimum absolute atomic E-state index is 0.386. The summed E-state index contributed by atoms with van der Waals surface area (Å²) in [5.74, 6) is 0.933. The second-order valence-corrected chi connectivity index (χ2v) is 6.81. The fraction of sp³-hybridized carbons (Fsp3) is 0.455. The quantitative estimate of drug-likeness (QED) is 0.643. The van der Waals surface area contributed by atoms with Gasteiger partial charge in [-0.25, -0.2) is 0 Å². The van der Waals surface area contributed by atoms with Crippen molar-refractivity contribution in [3.8, 4) is 5.75 Å². The molecule has 0 spiro atoms. The molecule has 2 aromatic rings. The predicted molar refractivity (Wildman–Crippen MR) is 103 cm³/mol. The van der Waals surface area contributed by atoms with Crippen LogP contribution in [0.25, 0.3) is 0 Å². The first kappa shape index (κ1) is 18.5. The number of benzene rings is 2. The summed E-state index contributed by atoms with van der Waals surface area (Å²) in [5, 5.41) is 0. The number of hydrogen-bond donors (Lipinski definition) is 0. The van der Waals surface area contributed by atoms with E-state index in [4.69, 9.17) is 4.74 Å². The highest BCUT2D eigenvalue weighted by Gasteiger charge is 2.18. The van der Waals surface area contributed by atoms with Gasteiger partial charge in [0.15, 0.2) is 0 Å². The van der Waals surface area contributed by atoms with Gasteiger partial charge >= 0.3 is 0 Å². The Labute approximate surface area is 147 Å². The summed E-state index contributed by atoms with van der Waals surface area (Å²) in [6, 6.07) is 18.1. The summed E-state index contributed by atoms with van der Waals surface area (Å²) in [5.41, 5.74) is 4.18. The van der Waals surface area contributed by atoms with Gasteiger partial charge in [0.05, 0.1) is 7.11 Å². The van der Waals surface area contributed by atoms with Crippen molar-refractivity contribution in [2.75, 3.05) is 13.7 Å². The number of nitrogens with zero attached hydrogens (tertiary/aromatic N) is 1. The Hall–Kier alpha value is -1.80. The van der Waals surface area contributed by atoms with E-state index in [1.807, 2.05) is 6.07 Å². The lowest BCUT2D eigenvalue weighted by molar-refractivity contribution is 0.162. The van der Waals surface area contributed by atoms with E-state index in [0.29, 0.717) is 12.1 Å². The first-order chi connectivity index (χ1) is 11.5. The van der Waals surface area contributed by atoms with Gasteiger partial charge in [-0.3, -0.25) is 4.90 Å². The summed E-state index contributed by atoms with van der Waals surface area (Å²) in [6.45, 7) is 10.2. The van der Waals surface area contributed by atoms with Crippen LogP contribution >= 0.6 is 0 Å². The van der Waals surface area contributed by atoms with Crippen LogP contribution in [0.3, 0.4) is 0 Å². The van der Waals surface area contributed by atoms with Crippen LogP contribution in [0.2, 0.25) is 0 Å². The molecule has 0 saturated carbocycles. The number of aryl methyl sites for hydroxylation is 2. The van der Waals surface area contributed by atoms with E-state index in [-0.39, 0.29) is 0 Å². The fourth-order valence-corrected chi connectivity index (χ4v) is 3.33. The van der Waals surface area contributed by atoms with E-state index in [9.17, 15) is 0 Å². The van der Waals surface area contributed by atoms with Gasteiger partial charge in [-0.1, -0.05) is 36.4 Å². The fourth-order valence-electron chi connectivity index (χ4n) is 3.33. The van der Waals surface area contributed by atoms with Crippen LogP contribution in [0.1, 0.15) is 49.9 Å². The summed E-state index contributed by atoms with van der Waals surface area (Å²) >= 11 is 0. The molecule has 24 heavy (non-hydrogen) atoms. The Bertz CT molecular complexity index is 635. The summed E-state index contributed by atoms with van der Waals surface area (Å²) in [7, 11) is 1.73. The van der Waals surface area contributed by atoms with Crippen LogP contribution in [0.5, 0.6) is 5.75 Å². The van der Waals surface area contributed by atoms with Crippen LogP contribution in [0.4, 0.5) is 0 Å². The molecule has 1 unspecified atom stereocenters. The predicted octanol–water partition coefficient (Wildman–Crippen LogP) is 5.41. The Morgan fingerprint density at radius 2 is 1.75 bits per heavy atom. The Morgan fingerprint density at radius 3 is 2.42 bits per heavy atom. The van der Waals surface area contributed by atoms with Gasteiger partial charge in [-0.15, -0.1) is 0 Å². The van der Waals surface area contributed by atoms with E-state index >= 15 is 0 Å². The van der Waals surface area contributed by atoms with Gasteiger partial charge in [0.1, 0.15) is 5.75 Å². The minimum atomic E-state index is 0.386. The molecular formula is C22H31NO. The molecule has 0 aromatic heterocycles. The molecule has 1 atom stereocenters. The van der Waals surface area contributed by atoms with Crippen molar-refractivity contribution in [3.05, 3.63) is 65.2 Å². The lowest BCUT2D eigenvalue weighted by Crippen LogP contribution is -2.34. The Morgan fingerprint density at radius 1 is 1.00 bits per heavy atom. The van der Waals surface area contributed by atoms with E-state index < -0.39 is 0 Å². The topological polar surface area (TPSA) is 12.5 Å². The largest absolute Gasteiger partial charge is 0.497 e. The number of rotatable bonds is 8. The molecule has 2 heteroatoms. The van der Waals surface area contributed by atoms with Gasteiger partial charge in [0.25, 0.3) is 0 Å². The molecule has 2 rings (SSSR count). The van der Waals surface area contributed by atoms with Gasteiger partial charge in [0, 0.05) is 12.1 Å². The van der Waals surface area contributed by atoms with Crippen molar-refractivity contribution in [1.82, 2.24) is 4.90 Å². The molecule has 0 N–H and O–H groups in total. The summed E-state index contributed by atoms with van der Waals surface area (Å²) in [4.78, 5) is 2.58. The molecule has 2 nitrogen and oxygen atoms in total. The maximum atomic E-state index is 5.38. The monoisotopic (exact) mass is 325 g/mol. The zero-order chi connectivity index (χ0) is 17.5. The van der Waals surface area contributed by atoms with Crippen molar-refractivity contribution in [2.45, 2.75) is 52.6 Å². The highest BCUT2D eigenvalue weighted by atomic mass is 16.5. The molecule has 0 radical (unpaired) electrons. The van der Waals surface area contributed by atoms with Crippen molar-refractivity contribution in [1.29, 1.82) is 0 Å². The number of ether oxygens (including phenoxy) is 1. The SMILES string of the molecule is COc1cccc(C(C)N(CCCc2ccccc2C)C(C)C)c1. The second-order valence-electron chi connectivity index (χ2n) is 6.81. The van der Waals surface area contributed by atoms with Gasteiger partial charge < -0.3 is 4.74 Å². The third-order valence-corrected chi connectivity index (χ3v) is 4.86. The molecule has 0 amide bonds. The molecule has 0 aliphatic carbocycles. The van der Waals surface area contributed by atoms with Crippen LogP contribution < -0.4 is 4.74 Å². The van der Waals surface area contributed by atoms with Crippen LogP contribution in [0.15, 0.2) is 48.5 Å². The summed E-state index contributed by atoms with van der Waals surface area (Å²) < 4.78 is 5.38. The number of methoxy groups -OCH3 is 1. The van der Waals surface area contributed by atoms with Crippen molar-refractivity contribution >= 4 is 0 Å². The molecule has 0 fully saturated rings. The van der Waals surface area contributed by atoms with E-state index in [1.165, 1.54) is 23.1 Å². The summed E-state index contributed by atoms with van der Waals surface area (Å²) in [6.07, 6.45) is 2.32. The third-order valence-electron chi connectivity index (χ3n) is 4.86. The maximum absolute atomic E-state index is 5.38. The second kappa shape index (κ2) is 8.89. The molecule has 0 bridgehead atoms. The van der Waals surface area contributed by atoms with Crippen molar-refractivity contribution in [2.24, 2.45) is 0 Å². The maximum Gasteiger partial charge on any atom is 0.119 e. The van der Waals surface area contributed by atoms with Gasteiger partial charge in [0.2, 0.25) is 0 Å². The van der Waals surface area contributed by atoms with E-state index in [1.54, 1.807) is 7.11 Å². The Balaban J connectivity index is 2.02. The lowest BCUT2D eigenvalue weighted by Gasteiger charge is -2.33. The van der Waals surface area contributed by atoms with Gasteiger partial charge in [-0.2, -0.15) is 0 Å². The first-order valence-electron chi connectivity index (χ1n) is 8.97. The number of hydrogen-bond acceptors (Lipinski definition) is 2. The zero-order valence-corrected chi connectivity index (χ0v) is 15.8. The molecule has 0 heterocycles. The van der Waals surface area contributed by atoms with Gasteiger partial charge in [-0.05, 0) is 75.9 Å². The molecule has 0 saturated heterocycles. The van der Waals surface area contributed by atoms with Crippen LogP contribution in [-0.2, 0) is 6.42 Å². The Kier molecular flexibility index (Phi) is 6.86. The molecule has 2 aromatic carbocycles. The smallest absolute Gasteiger partial charge is 0.119 e. The minimum Gasteiger partial charge on any atom is -0.497 e. The zero-order valence-electron chi connectivity index (χ0n) is 15.8. The average molecular weight is 325 g/mol. The molecule has 0 aliphatic rings. The van der Waals surface area contributed by atoms with Crippen molar-refractivity contribution in [3.63, 3.8) is 0 Å². The highest BCUT2D eigenvalue weighted by Crippen LogP contribution is 2.26. The average Bonchev–Trinajstić information content (AvgIpc) is 2.59. The third kappa shape index (κ3) is 4.85. The normalized spacial score (nSPS) is 12.6. The lowest BCUT2D eigenvalue weighted by atomic mass is 10.0. The van der Waals surface area contributed by atoms with Crippen molar-refractivity contribution < 1.29 is 4.74 Å². The highest BCUT2D eigenvalue weighted by molar-refractivity contribution is 5.30. The molecular weight excluding hydrogens is 294 g/mol.